The van der Waals surface area contributed by atoms with Crippen molar-refractivity contribution in [3.05, 3.63) is 35.4 Å². The average Bonchev–Trinajstić information content (AvgIpc) is 2.59. The van der Waals surface area contributed by atoms with Crippen molar-refractivity contribution in [3.8, 4) is 0 Å². The van der Waals surface area contributed by atoms with Crippen LogP contribution in [0.15, 0.2) is 24.3 Å². The number of benzene rings is 1. The zero-order chi connectivity index (χ0) is 17.7. The van der Waals surface area contributed by atoms with E-state index in [4.69, 9.17) is 5.73 Å². The van der Waals surface area contributed by atoms with Crippen LogP contribution in [-0.4, -0.2) is 35.8 Å². The number of carbonyl (C=O) groups excluding carboxylic acids is 2. The van der Waals surface area contributed by atoms with Gasteiger partial charge in [-0.25, -0.2) is 0 Å². The van der Waals surface area contributed by atoms with Crippen molar-refractivity contribution in [2.45, 2.75) is 52.1 Å². The predicted molar refractivity (Wildman–Crippen MR) is 103 cm³/mol. The molecule has 0 radical (unpaired) electrons. The minimum Gasteiger partial charge on any atom is -0.346 e. The number of halogens is 1. The largest absolute Gasteiger partial charge is 0.346 e. The van der Waals surface area contributed by atoms with E-state index in [1.54, 1.807) is 0 Å². The van der Waals surface area contributed by atoms with E-state index in [0.29, 0.717) is 0 Å². The van der Waals surface area contributed by atoms with Gasteiger partial charge in [-0.3, -0.25) is 9.59 Å². The molecule has 3 N–H and O–H groups in total. The first-order valence-electron chi connectivity index (χ1n) is 8.79. The molecule has 1 heterocycles. The van der Waals surface area contributed by atoms with Crippen LogP contribution in [0.25, 0.3) is 0 Å². The monoisotopic (exact) mass is 367 g/mol. The number of nitrogens with zero attached hydrogens (tertiary/aromatic N) is 1. The molecular formula is C19H30ClN3O2. The minimum atomic E-state index is -0.577. The molecule has 5 nitrogen and oxygen atoms in total. The van der Waals surface area contributed by atoms with Gasteiger partial charge in [-0.2, -0.15) is 0 Å². The molecule has 0 saturated carbocycles. The molecule has 0 aromatic heterocycles. The summed E-state index contributed by atoms with van der Waals surface area (Å²) in [5, 5.41) is 2.69. The zero-order valence-electron chi connectivity index (χ0n) is 15.3. The second-order valence-electron chi connectivity index (χ2n) is 7.00. The average molecular weight is 368 g/mol. The zero-order valence-corrected chi connectivity index (χ0v) is 16.1. The first kappa shape index (κ1) is 21.5. The van der Waals surface area contributed by atoms with E-state index >= 15 is 0 Å². The molecule has 0 bridgehead atoms. The molecule has 25 heavy (non-hydrogen) atoms. The smallest absolute Gasteiger partial charge is 0.242 e. The van der Waals surface area contributed by atoms with E-state index in [9.17, 15) is 9.59 Å². The van der Waals surface area contributed by atoms with Crippen LogP contribution in [-0.2, 0) is 9.59 Å². The van der Waals surface area contributed by atoms with Crippen molar-refractivity contribution in [2.75, 3.05) is 13.1 Å². The van der Waals surface area contributed by atoms with Gasteiger partial charge in [0, 0.05) is 6.54 Å². The van der Waals surface area contributed by atoms with E-state index in [0.717, 1.165) is 25.8 Å². The molecule has 6 heteroatoms. The van der Waals surface area contributed by atoms with E-state index in [1.807, 2.05) is 18.7 Å². The van der Waals surface area contributed by atoms with Crippen molar-refractivity contribution in [2.24, 2.45) is 11.7 Å². The summed E-state index contributed by atoms with van der Waals surface area (Å²) in [5.41, 5.74) is 8.20. The number of carbonyl (C=O) groups is 2. The summed E-state index contributed by atoms with van der Waals surface area (Å²) in [7, 11) is 0. The molecule has 140 valence electrons. The lowest BCUT2D eigenvalue weighted by atomic mass is 9.94. The number of aryl methyl sites for hydroxylation is 1. The Hall–Kier alpha value is -1.59. The Balaban J connectivity index is 0.00000312. The number of hydrogen-bond acceptors (Lipinski definition) is 3. The molecule has 2 amide bonds. The van der Waals surface area contributed by atoms with Gasteiger partial charge >= 0.3 is 0 Å². The molecule has 0 spiro atoms. The standard InChI is InChI=1S/C19H29N3O2.ClH/c1-13(2)18(20)19(24)21-12-17(23)22-11-5-4-6-16(22)15-9-7-14(3)8-10-15;/h7-10,13,16,18H,4-6,11-12,20H2,1-3H3,(H,21,24);1H/t16?,18-;/m0./s1. The number of hydrogen-bond donors (Lipinski definition) is 2. The fourth-order valence-electron chi connectivity index (χ4n) is 3.05. The Kier molecular flexibility index (Phi) is 8.39. The van der Waals surface area contributed by atoms with Gasteiger partial charge in [0.05, 0.1) is 18.6 Å². The van der Waals surface area contributed by atoms with Crippen LogP contribution in [0, 0.1) is 12.8 Å². The van der Waals surface area contributed by atoms with Gasteiger partial charge < -0.3 is 16.0 Å². The molecule has 1 aliphatic rings. The Morgan fingerprint density at radius 2 is 1.88 bits per heavy atom. The molecule has 2 atom stereocenters. The Labute approximate surface area is 156 Å². The molecule has 1 aliphatic heterocycles. The second kappa shape index (κ2) is 9.78. The predicted octanol–water partition coefficient (Wildman–Crippen LogP) is 2.57. The van der Waals surface area contributed by atoms with E-state index in [2.05, 4.69) is 36.5 Å². The number of likely N-dealkylation sites (tertiary alicyclic amines) is 1. The van der Waals surface area contributed by atoms with Crippen LogP contribution in [0.5, 0.6) is 0 Å². The van der Waals surface area contributed by atoms with Crippen LogP contribution < -0.4 is 11.1 Å². The highest BCUT2D eigenvalue weighted by Gasteiger charge is 2.28. The number of rotatable bonds is 5. The second-order valence-corrected chi connectivity index (χ2v) is 7.00. The molecule has 1 saturated heterocycles. The molecular weight excluding hydrogens is 338 g/mol. The summed E-state index contributed by atoms with van der Waals surface area (Å²) >= 11 is 0. The van der Waals surface area contributed by atoms with Crippen molar-refractivity contribution in [1.82, 2.24) is 10.2 Å². The fourth-order valence-corrected chi connectivity index (χ4v) is 3.05. The van der Waals surface area contributed by atoms with Crippen molar-refractivity contribution >= 4 is 24.2 Å². The summed E-state index contributed by atoms with van der Waals surface area (Å²) in [6.45, 7) is 6.60. The summed E-state index contributed by atoms with van der Waals surface area (Å²) in [4.78, 5) is 26.5. The van der Waals surface area contributed by atoms with Gasteiger partial charge in [0.15, 0.2) is 0 Å². The lowest BCUT2D eigenvalue weighted by molar-refractivity contribution is -0.136. The summed E-state index contributed by atoms with van der Waals surface area (Å²) < 4.78 is 0. The topological polar surface area (TPSA) is 75.4 Å². The van der Waals surface area contributed by atoms with E-state index < -0.39 is 6.04 Å². The van der Waals surface area contributed by atoms with Gasteiger partial charge in [0.2, 0.25) is 11.8 Å². The Morgan fingerprint density at radius 1 is 1.24 bits per heavy atom. The van der Waals surface area contributed by atoms with Crippen LogP contribution in [0.1, 0.15) is 50.3 Å². The van der Waals surface area contributed by atoms with Crippen molar-refractivity contribution in [3.63, 3.8) is 0 Å². The summed E-state index contributed by atoms with van der Waals surface area (Å²) in [6, 6.07) is 7.87. The Morgan fingerprint density at radius 3 is 2.48 bits per heavy atom. The highest BCUT2D eigenvalue weighted by atomic mass is 35.5. The summed E-state index contributed by atoms with van der Waals surface area (Å²) in [6.07, 6.45) is 3.09. The van der Waals surface area contributed by atoms with Crippen LogP contribution >= 0.6 is 12.4 Å². The van der Waals surface area contributed by atoms with Gasteiger partial charge in [0.1, 0.15) is 0 Å². The quantitative estimate of drug-likeness (QED) is 0.839. The number of nitrogens with two attached hydrogens (primary N) is 1. The lowest BCUT2D eigenvalue weighted by Crippen LogP contribution is -2.49. The number of nitrogens with one attached hydrogen (secondary N) is 1. The van der Waals surface area contributed by atoms with Gasteiger partial charge in [-0.15, -0.1) is 12.4 Å². The van der Waals surface area contributed by atoms with Crippen LogP contribution in [0.3, 0.4) is 0 Å². The van der Waals surface area contributed by atoms with Gasteiger partial charge in [-0.1, -0.05) is 43.7 Å². The van der Waals surface area contributed by atoms with Gasteiger partial charge in [-0.05, 0) is 37.7 Å². The number of amides is 2. The summed E-state index contributed by atoms with van der Waals surface area (Å²) in [5.74, 6) is -0.248. The maximum atomic E-state index is 12.6. The van der Waals surface area contributed by atoms with E-state index in [-0.39, 0.29) is 42.7 Å². The van der Waals surface area contributed by atoms with Crippen LogP contribution in [0.2, 0.25) is 0 Å². The van der Waals surface area contributed by atoms with Crippen molar-refractivity contribution < 1.29 is 9.59 Å². The maximum absolute atomic E-state index is 12.6. The normalized spacial score (nSPS) is 18.4. The molecule has 1 fully saturated rings. The minimum absolute atomic E-state index is 0. The SMILES string of the molecule is Cc1ccc(C2CCCCN2C(=O)CNC(=O)[C@@H](N)C(C)C)cc1.Cl. The third-order valence-corrected chi connectivity index (χ3v) is 4.72. The third-order valence-electron chi connectivity index (χ3n) is 4.72. The Bertz CT molecular complexity index is 575. The van der Waals surface area contributed by atoms with Crippen molar-refractivity contribution in [1.29, 1.82) is 0 Å². The molecule has 0 aliphatic carbocycles. The first-order valence-corrected chi connectivity index (χ1v) is 8.79. The molecule has 1 aromatic carbocycles. The van der Waals surface area contributed by atoms with E-state index in [1.165, 1.54) is 11.1 Å². The first-order chi connectivity index (χ1) is 11.4. The number of piperidine rings is 1. The highest BCUT2D eigenvalue weighted by molar-refractivity contribution is 5.87. The molecule has 2 rings (SSSR count). The van der Waals surface area contributed by atoms with Gasteiger partial charge in [0.25, 0.3) is 0 Å². The molecule has 1 aromatic rings. The fraction of sp³-hybridized carbons (Fsp3) is 0.579. The maximum Gasteiger partial charge on any atom is 0.242 e. The lowest BCUT2D eigenvalue weighted by Gasteiger charge is -2.36. The molecule has 1 unspecified atom stereocenters. The highest BCUT2D eigenvalue weighted by Crippen LogP contribution is 2.30. The third kappa shape index (κ3) is 5.72. The van der Waals surface area contributed by atoms with Crippen LogP contribution in [0.4, 0.5) is 0 Å².